The molecule has 3 aromatic rings. The lowest BCUT2D eigenvalue weighted by Gasteiger charge is -2.31. The number of para-hydroxylation sites is 1. The third-order valence-corrected chi connectivity index (χ3v) is 5.36. The number of hydrogen-bond acceptors (Lipinski definition) is 1. The largest absolute Gasteiger partial charge is 0.299 e. The van der Waals surface area contributed by atoms with E-state index >= 15 is 0 Å². The van der Waals surface area contributed by atoms with Gasteiger partial charge in [-0.15, -0.1) is 0 Å². The molecule has 202 valence electrons. The highest BCUT2D eigenvalue weighted by Gasteiger charge is 2.28. The van der Waals surface area contributed by atoms with Crippen LogP contribution >= 0.6 is 0 Å². The average molecular weight is 497 g/mol. The first-order valence-corrected chi connectivity index (χ1v) is 13.5. The van der Waals surface area contributed by atoms with E-state index in [-0.39, 0.29) is 10.8 Å². The maximum atomic E-state index is 9.50. The molecule has 0 saturated heterocycles. The summed E-state index contributed by atoms with van der Waals surface area (Å²) in [5.41, 5.74) is 6.59. The average Bonchev–Trinajstić information content (AvgIpc) is 3.29. The van der Waals surface area contributed by atoms with Gasteiger partial charge in [0.15, 0.2) is 0 Å². The van der Waals surface area contributed by atoms with E-state index in [1.165, 1.54) is 40.8 Å². The summed E-state index contributed by atoms with van der Waals surface area (Å²) in [7, 11) is 0.500. The first-order chi connectivity index (χ1) is 16.8. The SMILES string of the molecule is CC(C)c1ccccc1-c1nccn1-c1c(C(C)(C)C)cccc1C(C)(C)C.CCC.CCC.CF. The smallest absolute Gasteiger partial charge is 0.144 e. The van der Waals surface area contributed by atoms with Crippen molar-refractivity contribution in [1.82, 2.24) is 9.55 Å². The van der Waals surface area contributed by atoms with Crippen molar-refractivity contribution in [2.45, 2.75) is 113 Å². The minimum absolute atomic E-state index is 0.0374. The van der Waals surface area contributed by atoms with Crippen LogP contribution in [0, 0.1) is 0 Å². The molecule has 2 nitrogen and oxygen atoms in total. The third kappa shape index (κ3) is 9.22. The zero-order valence-corrected chi connectivity index (χ0v) is 25.5. The van der Waals surface area contributed by atoms with Crippen molar-refractivity contribution < 1.29 is 4.39 Å². The predicted molar refractivity (Wildman–Crippen MR) is 159 cm³/mol. The maximum Gasteiger partial charge on any atom is 0.144 e. The quantitative estimate of drug-likeness (QED) is 0.352. The summed E-state index contributed by atoms with van der Waals surface area (Å²) in [6, 6.07) is 15.4. The molecule has 0 aliphatic carbocycles. The standard InChI is InChI=1S/C26H34N2.2C3H8.CH3F/c1-18(2)19-12-9-10-13-20(19)24-27-16-17-28(24)23-21(25(3,4)5)14-11-15-22(23)26(6,7)8;2*1-3-2;1-2/h9-18H,1-8H3;2*3H2,1-2H3;1H3. The summed E-state index contributed by atoms with van der Waals surface area (Å²) in [6.45, 7) is 26.7. The Morgan fingerprint density at radius 1 is 0.750 bits per heavy atom. The number of hydrogen-bond donors (Lipinski definition) is 0. The molecule has 0 amide bonds. The summed E-state index contributed by atoms with van der Waals surface area (Å²) in [5.74, 6) is 1.47. The van der Waals surface area contributed by atoms with E-state index in [4.69, 9.17) is 4.98 Å². The molecule has 3 rings (SSSR count). The normalized spacial score (nSPS) is 11.0. The van der Waals surface area contributed by atoms with E-state index in [9.17, 15) is 4.39 Å². The molecule has 0 radical (unpaired) electrons. The first kappa shape index (κ1) is 33.6. The number of halogens is 1. The molecule has 0 unspecified atom stereocenters. The van der Waals surface area contributed by atoms with E-state index in [0.717, 1.165) is 5.82 Å². The van der Waals surface area contributed by atoms with Crippen molar-refractivity contribution in [1.29, 1.82) is 0 Å². The lowest BCUT2D eigenvalue weighted by molar-refractivity contribution is 0.562. The van der Waals surface area contributed by atoms with E-state index < -0.39 is 0 Å². The maximum absolute atomic E-state index is 9.50. The molecule has 0 bridgehead atoms. The second kappa shape index (κ2) is 15.6. The fourth-order valence-corrected chi connectivity index (χ4v) is 3.90. The topological polar surface area (TPSA) is 17.8 Å². The van der Waals surface area contributed by atoms with E-state index in [1.54, 1.807) is 0 Å². The van der Waals surface area contributed by atoms with Crippen molar-refractivity contribution in [3.8, 4) is 17.1 Å². The molecular weight excluding hydrogens is 443 g/mol. The molecule has 1 heterocycles. The molecule has 0 spiro atoms. The monoisotopic (exact) mass is 496 g/mol. The first-order valence-electron chi connectivity index (χ1n) is 13.5. The van der Waals surface area contributed by atoms with Crippen molar-refractivity contribution in [3.63, 3.8) is 0 Å². The van der Waals surface area contributed by atoms with Crippen LogP contribution in [0.5, 0.6) is 0 Å². The fourth-order valence-electron chi connectivity index (χ4n) is 3.90. The van der Waals surface area contributed by atoms with Gasteiger partial charge in [-0.1, -0.05) is 138 Å². The van der Waals surface area contributed by atoms with Crippen LogP contribution in [-0.2, 0) is 10.8 Å². The minimum Gasteiger partial charge on any atom is -0.299 e. The van der Waals surface area contributed by atoms with Crippen LogP contribution in [0.3, 0.4) is 0 Å². The number of aromatic nitrogens is 2. The molecule has 2 aromatic carbocycles. The second-order valence-corrected chi connectivity index (χ2v) is 11.5. The van der Waals surface area contributed by atoms with Gasteiger partial charge in [-0.05, 0) is 33.4 Å². The zero-order valence-electron chi connectivity index (χ0n) is 25.5. The van der Waals surface area contributed by atoms with Crippen LogP contribution < -0.4 is 0 Å². The molecular formula is C33H53FN2. The molecule has 0 aliphatic rings. The molecule has 0 fully saturated rings. The van der Waals surface area contributed by atoms with Gasteiger partial charge in [0.2, 0.25) is 0 Å². The fraction of sp³-hybridized carbons (Fsp3) is 0.545. The van der Waals surface area contributed by atoms with Crippen LogP contribution in [0.15, 0.2) is 54.9 Å². The Labute approximate surface area is 222 Å². The summed E-state index contributed by atoms with van der Waals surface area (Å²) >= 11 is 0. The number of imidazole rings is 1. The van der Waals surface area contributed by atoms with Crippen molar-refractivity contribution in [2.75, 3.05) is 7.18 Å². The molecule has 0 aliphatic heterocycles. The summed E-state index contributed by atoms with van der Waals surface area (Å²) in [6.07, 6.45) is 6.55. The van der Waals surface area contributed by atoms with Gasteiger partial charge >= 0.3 is 0 Å². The van der Waals surface area contributed by atoms with Gasteiger partial charge in [0.1, 0.15) is 5.82 Å². The van der Waals surface area contributed by atoms with Crippen LogP contribution in [-0.4, -0.2) is 16.7 Å². The van der Waals surface area contributed by atoms with Gasteiger partial charge in [-0.25, -0.2) is 4.98 Å². The Morgan fingerprint density at radius 3 is 1.61 bits per heavy atom. The number of nitrogens with zero attached hydrogens (tertiary/aromatic N) is 2. The van der Waals surface area contributed by atoms with Crippen molar-refractivity contribution >= 4 is 0 Å². The predicted octanol–water partition coefficient (Wildman–Crippen LogP) is 10.7. The van der Waals surface area contributed by atoms with Crippen LogP contribution in [0.1, 0.15) is 119 Å². The Morgan fingerprint density at radius 2 is 1.19 bits per heavy atom. The van der Waals surface area contributed by atoms with E-state index in [2.05, 4.69) is 136 Å². The molecule has 1 aromatic heterocycles. The van der Waals surface area contributed by atoms with E-state index in [0.29, 0.717) is 13.1 Å². The van der Waals surface area contributed by atoms with E-state index in [1.807, 2.05) is 6.20 Å². The molecule has 0 saturated carbocycles. The number of rotatable bonds is 3. The van der Waals surface area contributed by atoms with Crippen LogP contribution in [0.25, 0.3) is 17.1 Å². The molecule has 0 N–H and O–H groups in total. The van der Waals surface area contributed by atoms with Crippen LogP contribution in [0.4, 0.5) is 4.39 Å². The summed E-state index contributed by atoms with van der Waals surface area (Å²) in [4.78, 5) is 4.82. The summed E-state index contributed by atoms with van der Waals surface area (Å²) < 4.78 is 11.8. The zero-order chi connectivity index (χ0) is 28.1. The van der Waals surface area contributed by atoms with Gasteiger partial charge in [0, 0.05) is 18.0 Å². The summed E-state index contributed by atoms with van der Waals surface area (Å²) in [5, 5.41) is 0. The Hall–Kier alpha value is -2.42. The highest BCUT2D eigenvalue weighted by molar-refractivity contribution is 5.66. The Kier molecular flexibility index (Phi) is 14.6. The van der Waals surface area contributed by atoms with Crippen molar-refractivity contribution in [3.05, 3.63) is 71.5 Å². The van der Waals surface area contributed by atoms with Crippen molar-refractivity contribution in [2.24, 2.45) is 0 Å². The minimum atomic E-state index is 0.0374. The third-order valence-electron chi connectivity index (χ3n) is 5.36. The number of benzene rings is 2. The molecule has 36 heavy (non-hydrogen) atoms. The van der Waals surface area contributed by atoms with Gasteiger partial charge in [-0.3, -0.25) is 8.96 Å². The van der Waals surface area contributed by atoms with Gasteiger partial charge in [-0.2, -0.15) is 0 Å². The molecule has 0 atom stereocenters. The number of alkyl halides is 1. The lowest BCUT2D eigenvalue weighted by Crippen LogP contribution is -2.22. The Balaban J connectivity index is 0.00000137. The van der Waals surface area contributed by atoms with Gasteiger partial charge < -0.3 is 0 Å². The molecule has 3 heteroatoms. The lowest BCUT2D eigenvalue weighted by atomic mass is 9.78. The highest BCUT2D eigenvalue weighted by Crippen LogP contribution is 2.39. The second-order valence-electron chi connectivity index (χ2n) is 11.5. The van der Waals surface area contributed by atoms with Gasteiger partial charge in [0.25, 0.3) is 0 Å². The van der Waals surface area contributed by atoms with Gasteiger partial charge in [0.05, 0.1) is 12.9 Å². The Bertz CT molecular complexity index is 967. The highest BCUT2D eigenvalue weighted by atomic mass is 19.1. The van der Waals surface area contributed by atoms with Crippen LogP contribution in [0.2, 0.25) is 0 Å².